The molecule has 1 N–H and O–H groups in total. The van der Waals surface area contributed by atoms with Crippen LogP contribution in [-0.2, 0) is 6.54 Å². The van der Waals surface area contributed by atoms with E-state index in [-0.39, 0.29) is 0 Å². The molecule has 1 saturated carbocycles. The summed E-state index contributed by atoms with van der Waals surface area (Å²) in [6.07, 6.45) is 6.63. The van der Waals surface area contributed by atoms with Crippen LogP contribution in [0.4, 0.5) is 0 Å². The van der Waals surface area contributed by atoms with E-state index in [1.165, 1.54) is 30.5 Å². The van der Waals surface area contributed by atoms with Crippen LogP contribution < -0.4 is 5.32 Å². The molecule has 0 aliphatic heterocycles. The molecule has 0 unspecified atom stereocenters. The highest BCUT2D eigenvalue weighted by molar-refractivity contribution is 5.20. The number of nitrogens with zero attached hydrogens (tertiary/aromatic N) is 1. The SMILES string of the molecule is Cc1ccncc1CNCC1CC1. The molecule has 2 heteroatoms. The molecular formula is C11H16N2. The summed E-state index contributed by atoms with van der Waals surface area (Å²) in [6.45, 7) is 4.28. The van der Waals surface area contributed by atoms with Crippen LogP contribution >= 0.6 is 0 Å². The first-order chi connectivity index (χ1) is 6.36. The summed E-state index contributed by atoms with van der Waals surface area (Å²) < 4.78 is 0. The summed E-state index contributed by atoms with van der Waals surface area (Å²) in [4.78, 5) is 4.12. The zero-order valence-corrected chi connectivity index (χ0v) is 8.09. The fraction of sp³-hybridized carbons (Fsp3) is 0.545. The number of nitrogens with one attached hydrogen (secondary N) is 1. The summed E-state index contributed by atoms with van der Waals surface area (Å²) in [5.41, 5.74) is 2.65. The molecule has 70 valence electrons. The van der Waals surface area contributed by atoms with Crippen LogP contribution in [0, 0.1) is 12.8 Å². The average Bonchev–Trinajstić information content (AvgIpc) is 2.92. The fourth-order valence-corrected chi connectivity index (χ4v) is 1.41. The van der Waals surface area contributed by atoms with E-state index in [1.807, 2.05) is 12.4 Å². The maximum atomic E-state index is 4.12. The van der Waals surface area contributed by atoms with Gasteiger partial charge in [0, 0.05) is 18.9 Å². The zero-order chi connectivity index (χ0) is 9.10. The first-order valence-corrected chi connectivity index (χ1v) is 4.96. The van der Waals surface area contributed by atoms with E-state index in [0.717, 1.165) is 12.5 Å². The largest absolute Gasteiger partial charge is 0.312 e. The van der Waals surface area contributed by atoms with Crippen molar-refractivity contribution in [2.24, 2.45) is 5.92 Å². The highest BCUT2D eigenvalue weighted by atomic mass is 14.9. The Balaban J connectivity index is 1.82. The molecule has 1 heterocycles. The molecule has 1 fully saturated rings. The van der Waals surface area contributed by atoms with E-state index in [2.05, 4.69) is 23.3 Å². The Hall–Kier alpha value is -0.890. The third-order valence-corrected chi connectivity index (χ3v) is 2.59. The molecule has 13 heavy (non-hydrogen) atoms. The van der Waals surface area contributed by atoms with Gasteiger partial charge in [-0.05, 0) is 49.4 Å². The number of rotatable bonds is 4. The second kappa shape index (κ2) is 3.88. The summed E-state index contributed by atoms with van der Waals surface area (Å²) in [7, 11) is 0. The molecule has 1 aromatic heterocycles. The third-order valence-electron chi connectivity index (χ3n) is 2.59. The van der Waals surface area contributed by atoms with Gasteiger partial charge in [0.1, 0.15) is 0 Å². The van der Waals surface area contributed by atoms with E-state index < -0.39 is 0 Å². The summed E-state index contributed by atoms with van der Waals surface area (Å²) >= 11 is 0. The van der Waals surface area contributed by atoms with Gasteiger partial charge in [-0.2, -0.15) is 0 Å². The minimum Gasteiger partial charge on any atom is -0.312 e. The Labute approximate surface area is 79.4 Å². The quantitative estimate of drug-likeness (QED) is 0.757. The van der Waals surface area contributed by atoms with Gasteiger partial charge in [-0.25, -0.2) is 0 Å². The minimum atomic E-state index is 0.956. The Kier molecular flexibility index (Phi) is 2.60. The van der Waals surface area contributed by atoms with Crippen LogP contribution in [-0.4, -0.2) is 11.5 Å². The van der Waals surface area contributed by atoms with E-state index in [4.69, 9.17) is 0 Å². The van der Waals surface area contributed by atoms with Gasteiger partial charge in [0.2, 0.25) is 0 Å². The number of hydrogen-bond acceptors (Lipinski definition) is 2. The lowest BCUT2D eigenvalue weighted by molar-refractivity contribution is 0.636. The van der Waals surface area contributed by atoms with E-state index in [0.29, 0.717) is 0 Å². The van der Waals surface area contributed by atoms with Crippen LogP contribution in [0.5, 0.6) is 0 Å². The van der Waals surface area contributed by atoms with Crippen LogP contribution in [0.1, 0.15) is 24.0 Å². The molecular weight excluding hydrogens is 160 g/mol. The van der Waals surface area contributed by atoms with E-state index in [9.17, 15) is 0 Å². The predicted octanol–water partition coefficient (Wildman–Crippen LogP) is 1.89. The second-order valence-corrected chi connectivity index (χ2v) is 3.88. The predicted molar refractivity (Wildman–Crippen MR) is 53.4 cm³/mol. The van der Waals surface area contributed by atoms with Crippen molar-refractivity contribution in [2.45, 2.75) is 26.3 Å². The molecule has 2 nitrogen and oxygen atoms in total. The smallest absolute Gasteiger partial charge is 0.0315 e. The van der Waals surface area contributed by atoms with Gasteiger partial charge in [-0.1, -0.05) is 0 Å². The van der Waals surface area contributed by atoms with Crippen LogP contribution in [0.2, 0.25) is 0 Å². The van der Waals surface area contributed by atoms with Crippen molar-refractivity contribution in [3.63, 3.8) is 0 Å². The fourth-order valence-electron chi connectivity index (χ4n) is 1.41. The lowest BCUT2D eigenvalue weighted by Crippen LogP contribution is -2.16. The van der Waals surface area contributed by atoms with Crippen molar-refractivity contribution in [3.8, 4) is 0 Å². The first-order valence-electron chi connectivity index (χ1n) is 4.96. The van der Waals surface area contributed by atoms with Gasteiger partial charge < -0.3 is 5.32 Å². The highest BCUT2D eigenvalue weighted by Gasteiger charge is 2.20. The van der Waals surface area contributed by atoms with Gasteiger partial charge in [0.05, 0.1) is 0 Å². The van der Waals surface area contributed by atoms with Gasteiger partial charge in [-0.3, -0.25) is 4.98 Å². The Morgan fingerprint density at radius 1 is 1.54 bits per heavy atom. The molecule has 0 spiro atoms. The summed E-state index contributed by atoms with van der Waals surface area (Å²) in [5, 5.41) is 3.46. The highest BCUT2D eigenvalue weighted by Crippen LogP contribution is 2.27. The first kappa shape index (κ1) is 8.70. The van der Waals surface area contributed by atoms with Crippen molar-refractivity contribution in [3.05, 3.63) is 29.6 Å². The molecule has 0 bridgehead atoms. The summed E-state index contributed by atoms with van der Waals surface area (Å²) in [5.74, 6) is 0.956. The number of hydrogen-bond donors (Lipinski definition) is 1. The monoisotopic (exact) mass is 176 g/mol. The van der Waals surface area contributed by atoms with Gasteiger partial charge >= 0.3 is 0 Å². The van der Waals surface area contributed by atoms with Gasteiger partial charge in [-0.15, -0.1) is 0 Å². The summed E-state index contributed by atoms with van der Waals surface area (Å²) in [6, 6.07) is 2.06. The van der Waals surface area contributed by atoms with E-state index >= 15 is 0 Å². The van der Waals surface area contributed by atoms with Crippen molar-refractivity contribution in [1.29, 1.82) is 0 Å². The average molecular weight is 176 g/mol. The van der Waals surface area contributed by atoms with Crippen LogP contribution in [0.3, 0.4) is 0 Å². The molecule has 0 radical (unpaired) electrons. The Bertz CT molecular complexity index is 279. The van der Waals surface area contributed by atoms with Crippen molar-refractivity contribution in [1.82, 2.24) is 10.3 Å². The topological polar surface area (TPSA) is 24.9 Å². The molecule has 0 saturated heterocycles. The van der Waals surface area contributed by atoms with Crippen LogP contribution in [0.25, 0.3) is 0 Å². The second-order valence-electron chi connectivity index (χ2n) is 3.88. The van der Waals surface area contributed by atoms with Crippen molar-refractivity contribution in [2.75, 3.05) is 6.54 Å². The standard InChI is InChI=1S/C11H16N2/c1-9-4-5-12-7-11(9)8-13-6-10-2-3-10/h4-5,7,10,13H,2-3,6,8H2,1H3. The van der Waals surface area contributed by atoms with Gasteiger partial charge in [0.15, 0.2) is 0 Å². The Morgan fingerprint density at radius 3 is 3.08 bits per heavy atom. The molecule has 2 rings (SSSR count). The van der Waals surface area contributed by atoms with Crippen LogP contribution in [0.15, 0.2) is 18.5 Å². The normalized spacial score (nSPS) is 16.1. The lowest BCUT2D eigenvalue weighted by Gasteiger charge is -2.05. The third kappa shape index (κ3) is 2.52. The molecule has 1 aliphatic rings. The zero-order valence-electron chi connectivity index (χ0n) is 8.09. The molecule has 1 aromatic rings. The van der Waals surface area contributed by atoms with Crippen molar-refractivity contribution >= 4 is 0 Å². The number of aryl methyl sites for hydroxylation is 1. The van der Waals surface area contributed by atoms with E-state index in [1.54, 1.807) is 0 Å². The molecule has 0 amide bonds. The maximum Gasteiger partial charge on any atom is 0.0315 e. The van der Waals surface area contributed by atoms with Gasteiger partial charge in [0.25, 0.3) is 0 Å². The Morgan fingerprint density at radius 2 is 2.38 bits per heavy atom. The lowest BCUT2D eigenvalue weighted by atomic mass is 10.1. The number of aromatic nitrogens is 1. The maximum absolute atomic E-state index is 4.12. The number of pyridine rings is 1. The molecule has 1 aliphatic carbocycles. The van der Waals surface area contributed by atoms with Crippen molar-refractivity contribution < 1.29 is 0 Å². The minimum absolute atomic E-state index is 0.956. The molecule has 0 atom stereocenters. The molecule has 0 aromatic carbocycles.